The average molecular weight is 283 g/mol. The van der Waals surface area contributed by atoms with Crippen LogP contribution in [0.4, 0.5) is 5.69 Å². The van der Waals surface area contributed by atoms with Gasteiger partial charge in [0.15, 0.2) is 0 Å². The summed E-state index contributed by atoms with van der Waals surface area (Å²) in [4.78, 5) is 14.5. The van der Waals surface area contributed by atoms with E-state index in [0.717, 1.165) is 43.0 Å². The highest BCUT2D eigenvalue weighted by atomic mass is 35.5. The van der Waals surface area contributed by atoms with Gasteiger partial charge in [0.05, 0.1) is 0 Å². The fraction of sp³-hybridized carbons (Fsp3) is 0.533. The van der Waals surface area contributed by atoms with Crippen LogP contribution in [0.1, 0.15) is 42.1 Å². The molecule has 1 saturated heterocycles. The second kappa shape index (κ2) is 6.80. The number of nitrogen functional groups attached to an aromatic ring is 1. The molecule has 1 atom stereocenters. The maximum Gasteiger partial charge on any atom is 0.254 e. The normalized spacial score (nSPS) is 19.5. The number of hydrogen-bond acceptors (Lipinski definition) is 2. The van der Waals surface area contributed by atoms with Gasteiger partial charge in [-0.3, -0.25) is 4.79 Å². The van der Waals surface area contributed by atoms with Crippen molar-refractivity contribution < 1.29 is 4.79 Å². The van der Waals surface area contributed by atoms with Crippen LogP contribution < -0.4 is 5.73 Å². The van der Waals surface area contributed by atoms with Crippen LogP contribution in [0.3, 0.4) is 0 Å². The fourth-order valence-electron chi connectivity index (χ4n) is 2.51. The molecular weight excluding hydrogens is 260 g/mol. The predicted molar refractivity (Wildman–Crippen MR) is 81.8 cm³/mol. The first kappa shape index (κ1) is 15.8. The number of carbonyl (C=O) groups excluding carboxylic acids is 1. The van der Waals surface area contributed by atoms with Crippen LogP contribution in [-0.2, 0) is 0 Å². The summed E-state index contributed by atoms with van der Waals surface area (Å²) in [5, 5.41) is 0. The van der Waals surface area contributed by atoms with E-state index in [2.05, 4.69) is 6.92 Å². The number of amides is 1. The summed E-state index contributed by atoms with van der Waals surface area (Å²) in [6.45, 7) is 5.97. The number of aryl methyl sites for hydroxylation is 1. The molecule has 1 unspecified atom stereocenters. The van der Waals surface area contributed by atoms with Gasteiger partial charge < -0.3 is 10.6 Å². The van der Waals surface area contributed by atoms with Crippen molar-refractivity contribution in [1.29, 1.82) is 0 Å². The minimum absolute atomic E-state index is 0. The Hall–Kier alpha value is -1.22. The number of nitrogens with zero attached hydrogens (tertiary/aromatic N) is 1. The predicted octanol–water partition coefficient (Wildman–Crippen LogP) is 3.26. The zero-order valence-corrected chi connectivity index (χ0v) is 12.5. The summed E-state index contributed by atoms with van der Waals surface area (Å²) >= 11 is 0. The second-order valence-corrected chi connectivity index (χ2v) is 5.40. The van der Waals surface area contributed by atoms with Crippen LogP contribution in [0, 0.1) is 12.8 Å². The van der Waals surface area contributed by atoms with Gasteiger partial charge in [-0.05, 0) is 49.8 Å². The fourth-order valence-corrected chi connectivity index (χ4v) is 2.51. The van der Waals surface area contributed by atoms with Gasteiger partial charge in [0.1, 0.15) is 0 Å². The topological polar surface area (TPSA) is 46.3 Å². The molecule has 0 spiro atoms. The quantitative estimate of drug-likeness (QED) is 0.804. The molecule has 0 aliphatic carbocycles. The van der Waals surface area contributed by atoms with Crippen molar-refractivity contribution >= 4 is 24.0 Å². The summed E-state index contributed by atoms with van der Waals surface area (Å²) in [6, 6.07) is 5.56. The molecule has 1 amide bonds. The van der Waals surface area contributed by atoms with Crippen molar-refractivity contribution in [2.24, 2.45) is 5.92 Å². The maximum atomic E-state index is 12.5. The van der Waals surface area contributed by atoms with E-state index in [1.807, 2.05) is 24.0 Å². The van der Waals surface area contributed by atoms with Crippen LogP contribution in [0.25, 0.3) is 0 Å². The summed E-state index contributed by atoms with van der Waals surface area (Å²) in [5.74, 6) is 0.860. The lowest BCUT2D eigenvalue weighted by atomic mass is 10.0. The molecule has 2 N–H and O–H groups in total. The smallest absolute Gasteiger partial charge is 0.254 e. The molecule has 106 valence electrons. The number of likely N-dealkylation sites (tertiary alicyclic amines) is 1. The molecule has 0 aromatic heterocycles. The molecule has 1 aromatic carbocycles. The molecule has 0 radical (unpaired) electrons. The summed E-state index contributed by atoms with van der Waals surface area (Å²) in [6.07, 6.45) is 3.43. The maximum absolute atomic E-state index is 12.5. The molecule has 2 rings (SSSR count). The lowest BCUT2D eigenvalue weighted by Gasteiger charge is -2.21. The highest BCUT2D eigenvalue weighted by Crippen LogP contribution is 2.20. The molecule has 19 heavy (non-hydrogen) atoms. The Morgan fingerprint density at radius 2 is 2.05 bits per heavy atom. The number of anilines is 1. The van der Waals surface area contributed by atoms with E-state index in [9.17, 15) is 4.79 Å². The minimum atomic E-state index is 0. The lowest BCUT2D eigenvalue weighted by Crippen LogP contribution is -2.32. The Morgan fingerprint density at radius 1 is 1.32 bits per heavy atom. The van der Waals surface area contributed by atoms with Crippen LogP contribution in [0.2, 0.25) is 0 Å². The van der Waals surface area contributed by atoms with Gasteiger partial charge in [-0.25, -0.2) is 0 Å². The van der Waals surface area contributed by atoms with E-state index in [4.69, 9.17) is 5.73 Å². The van der Waals surface area contributed by atoms with E-state index >= 15 is 0 Å². The molecular formula is C15H23ClN2O. The Bertz CT molecular complexity index is 448. The van der Waals surface area contributed by atoms with Crippen LogP contribution in [-0.4, -0.2) is 23.9 Å². The van der Waals surface area contributed by atoms with Gasteiger partial charge in [-0.2, -0.15) is 0 Å². The molecule has 1 heterocycles. The van der Waals surface area contributed by atoms with E-state index in [0.29, 0.717) is 5.69 Å². The van der Waals surface area contributed by atoms with Crippen LogP contribution in [0.5, 0.6) is 0 Å². The van der Waals surface area contributed by atoms with Crippen LogP contribution >= 0.6 is 12.4 Å². The molecule has 4 heteroatoms. The number of rotatable bonds is 1. The second-order valence-electron chi connectivity index (χ2n) is 5.40. The first-order valence-electron chi connectivity index (χ1n) is 6.73. The molecule has 1 aliphatic rings. The number of benzene rings is 1. The summed E-state index contributed by atoms with van der Waals surface area (Å²) in [5.41, 5.74) is 8.20. The molecule has 1 aromatic rings. The third kappa shape index (κ3) is 3.87. The Labute approximate surface area is 121 Å². The first-order valence-corrected chi connectivity index (χ1v) is 6.73. The zero-order valence-electron chi connectivity index (χ0n) is 11.7. The van der Waals surface area contributed by atoms with Gasteiger partial charge in [0.2, 0.25) is 0 Å². The number of carbonyl (C=O) groups is 1. The number of hydrogen-bond donors (Lipinski definition) is 1. The van der Waals surface area contributed by atoms with Gasteiger partial charge in [-0.1, -0.05) is 13.0 Å². The third-order valence-corrected chi connectivity index (χ3v) is 3.80. The zero-order chi connectivity index (χ0) is 13.1. The Balaban J connectivity index is 0.00000180. The lowest BCUT2D eigenvalue weighted by molar-refractivity contribution is 0.0759. The third-order valence-electron chi connectivity index (χ3n) is 3.80. The van der Waals surface area contributed by atoms with E-state index in [1.54, 1.807) is 6.07 Å². The van der Waals surface area contributed by atoms with Gasteiger partial charge in [0.25, 0.3) is 5.91 Å². The average Bonchev–Trinajstić information content (AvgIpc) is 2.56. The largest absolute Gasteiger partial charge is 0.399 e. The van der Waals surface area contributed by atoms with Gasteiger partial charge >= 0.3 is 0 Å². The summed E-state index contributed by atoms with van der Waals surface area (Å²) in [7, 11) is 0. The molecule has 1 aliphatic heterocycles. The minimum Gasteiger partial charge on any atom is -0.399 e. The summed E-state index contributed by atoms with van der Waals surface area (Å²) < 4.78 is 0. The van der Waals surface area contributed by atoms with Crippen molar-refractivity contribution in [2.75, 3.05) is 18.8 Å². The first-order chi connectivity index (χ1) is 8.58. The van der Waals surface area contributed by atoms with Crippen molar-refractivity contribution in [2.45, 2.75) is 33.1 Å². The number of nitrogens with two attached hydrogens (primary N) is 1. The SMILES string of the molecule is Cc1ccc(N)cc1C(=O)N1CCCC(C)CC1.Cl. The number of halogens is 1. The molecule has 3 nitrogen and oxygen atoms in total. The monoisotopic (exact) mass is 282 g/mol. The Kier molecular flexibility index (Phi) is 5.67. The highest BCUT2D eigenvalue weighted by molar-refractivity contribution is 5.96. The van der Waals surface area contributed by atoms with Crippen molar-refractivity contribution in [3.63, 3.8) is 0 Å². The van der Waals surface area contributed by atoms with Crippen molar-refractivity contribution in [3.05, 3.63) is 29.3 Å². The molecule has 1 fully saturated rings. The van der Waals surface area contributed by atoms with E-state index in [-0.39, 0.29) is 18.3 Å². The van der Waals surface area contributed by atoms with Gasteiger partial charge in [0, 0.05) is 24.3 Å². The van der Waals surface area contributed by atoms with E-state index < -0.39 is 0 Å². The standard InChI is InChI=1S/C15H22N2O.ClH/c1-11-4-3-8-17(9-7-11)15(18)14-10-13(16)6-5-12(14)2;/h5-6,10-11H,3-4,7-9,16H2,1-2H3;1H. The highest BCUT2D eigenvalue weighted by Gasteiger charge is 2.20. The van der Waals surface area contributed by atoms with E-state index in [1.165, 1.54) is 6.42 Å². The molecule has 0 bridgehead atoms. The van der Waals surface area contributed by atoms with Crippen molar-refractivity contribution in [3.8, 4) is 0 Å². The van der Waals surface area contributed by atoms with Gasteiger partial charge in [-0.15, -0.1) is 12.4 Å². The Morgan fingerprint density at radius 3 is 2.79 bits per heavy atom. The van der Waals surface area contributed by atoms with Crippen LogP contribution in [0.15, 0.2) is 18.2 Å². The van der Waals surface area contributed by atoms with Crippen molar-refractivity contribution in [1.82, 2.24) is 4.90 Å². The molecule has 0 saturated carbocycles.